The van der Waals surface area contributed by atoms with Gasteiger partial charge in [0.1, 0.15) is 11.6 Å². The first kappa shape index (κ1) is 14.6. The van der Waals surface area contributed by atoms with Gasteiger partial charge in [0.05, 0.1) is 0 Å². The van der Waals surface area contributed by atoms with Gasteiger partial charge in [-0.2, -0.15) is 5.26 Å². The third-order valence-electron chi connectivity index (χ3n) is 3.22. The second kappa shape index (κ2) is 8.57. The number of hydrogen-bond acceptors (Lipinski definition) is 3. The third kappa shape index (κ3) is 5.22. The normalized spacial score (nSPS) is 17.7. The minimum atomic E-state index is -0.277. The van der Waals surface area contributed by atoms with Gasteiger partial charge in [0, 0.05) is 18.8 Å². The molecule has 1 fully saturated rings. The van der Waals surface area contributed by atoms with E-state index < -0.39 is 0 Å². The highest BCUT2D eigenvalue weighted by Crippen LogP contribution is 2.17. The highest BCUT2D eigenvalue weighted by Gasteiger charge is 2.12. The number of nitrogens with zero attached hydrogens (tertiary/aromatic N) is 1. The summed E-state index contributed by atoms with van der Waals surface area (Å²) >= 11 is 0. The zero-order chi connectivity index (χ0) is 13.2. The summed E-state index contributed by atoms with van der Waals surface area (Å²) in [5.74, 6) is -0.277. The molecule has 0 radical (unpaired) electrons. The van der Waals surface area contributed by atoms with Crippen LogP contribution >= 0.6 is 0 Å². The van der Waals surface area contributed by atoms with Gasteiger partial charge in [0.25, 0.3) is 5.91 Å². The minimum Gasteiger partial charge on any atom is -0.387 e. The average molecular weight is 249 g/mol. The molecule has 1 aliphatic carbocycles. The molecule has 1 rings (SSSR count). The molecule has 2 N–H and O–H groups in total. The van der Waals surface area contributed by atoms with Gasteiger partial charge in [-0.1, -0.05) is 32.6 Å². The van der Waals surface area contributed by atoms with Gasteiger partial charge in [-0.15, -0.1) is 0 Å². The molecule has 0 aromatic carbocycles. The molecule has 0 atom stereocenters. The van der Waals surface area contributed by atoms with Crippen LogP contribution in [0.5, 0.6) is 0 Å². The van der Waals surface area contributed by atoms with E-state index in [0.717, 1.165) is 19.3 Å². The van der Waals surface area contributed by atoms with E-state index in [4.69, 9.17) is 5.26 Å². The van der Waals surface area contributed by atoms with Crippen molar-refractivity contribution in [3.63, 3.8) is 0 Å². The summed E-state index contributed by atoms with van der Waals surface area (Å²) in [6, 6.07) is 2.36. The first-order valence-corrected chi connectivity index (χ1v) is 6.92. The molecule has 100 valence electrons. The van der Waals surface area contributed by atoms with E-state index in [-0.39, 0.29) is 11.5 Å². The molecule has 4 nitrogen and oxygen atoms in total. The fourth-order valence-electron chi connectivity index (χ4n) is 2.13. The van der Waals surface area contributed by atoms with Crippen LogP contribution in [0.4, 0.5) is 0 Å². The topological polar surface area (TPSA) is 64.9 Å². The Hall–Kier alpha value is -1.50. The van der Waals surface area contributed by atoms with Gasteiger partial charge in [-0.05, 0) is 19.3 Å². The van der Waals surface area contributed by atoms with Gasteiger partial charge in [-0.3, -0.25) is 4.79 Å². The van der Waals surface area contributed by atoms with Crippen LogP contribution in [0.3, 0.4) is 0 Å². The first-order chi connectivity index (χ1) is 8.77. The maximum absolute atomic E-state index is 11.6. The molecule has 0 unspecified atom stereocenters. The number of carbonyl (C=O) groups is 1. The molecule has 0 aromatic rings. The van der Waals surface area contributed by atoms with Crippen molar-refractivity contribution in [2.45, 2.75) is 57.9 Å². The lowest BCUT2D eigenvalue weighted by molar-refractivity contribution is -0.117. The third-order valence-corrected chi connectivity index (χ3v) is 3.22. The molecular formula is C14H23N3O. The fourth-order valence-corrected chi connectivity index (χ4v) is 2.13. The summed E-state index contributed by atoms with van der Waals surface area (Å²) in [5.41, 5.74) is 0.174. The molecule has 18 heavy (non-hydrogen) atoms. The van der Waals surface area contributed by atoms with Crippen molar-refractivity contribution in [1.82, 2.24) is 10.6 Å². The van der Waals surface area contributed by atoms with Crippen LogP contribution in [-0.2, 0) is 4.79 Å². The van der Waals surface area contributed by atoms with Crippen LogP contribution in [-0.4, -0.2) is 18.5 Å². The van der Waals surface area contributed by atoms with Crippen molar-refractivity contribution in [1.29, 1.82) is 5.26 Å². The van der Waals surface area contributed by atoms with E-state index in [1.165, 1.54) is 25.7 Å². The molecule has 0 aliphatic heterocycles. The Labute approximate surface area is 109 Å². The van der Waals surface area contributed by atoms with Crippen LogP contribution in [0.2, 0.25) is 0 Å². The van der Waals surface area contributed by atoms with Gasteiger partial charge in [0.2, 0.25) is 0 Å². The number of carbonyl (C=O) groups excluding carboxylic acids is 1. The van der Waals surface area contributed by atoms with E-state index in [1.54, 1.807) is 6.20 Å². The first-order valence-electron chi connectivity index (χ1n) is 6.92. The number of rotatable bonds is 5. The standard InChI is InChI=1S/C14H23N3O/c1-2-9-16-14(18)12(10-15)11-17-13-7-5-3-4-6-8-13/h11,13,17H,2-9H2,1H3,(H,16,18)/b12-11-. The largest absolute Gasteiger partial charge is 0.387 e. The number of hydrogen-bond donors (Lipinski definition) is 2. The van der Waals surface area contributed by atoms with Crippen LogP contribution in [0.1, 0.15) is 51.9 Å². The quantitative estimate of drug-likeness (QED) is 0.446. The molecule has 1 saturated carbocycles. The van der Waals surface area contributed by atoms with Gasteiger partial charge >= 0.3 is 0 Å². The predicted octanol–water partition coefficient (Wildman–Crippen LogP) is 2.23. The molecule has 0 saturated heterocycles. The Morgan fingerprint density at radius 3 is 2.56 bits per heavy atom. The smallest absolute Gasteiger partial charge is 0.263 e. The SMILES string of the molecule is CCCNC(=O)/C(C#N)=C\NC1CCCCCC1. The Bertz CT molecular complexity index is 322. The van der Waals surface area contributed by atoms with Crippen molar-refractivity contribution < 1.29 is 4.79 Å². The monoisotopic (exact) mass is 249 g/mol. The summed E-state index contributed by atoms with van der Waals surface area (Å²) in [4.78, 5) is 11.6. The summed E-state index contributed by atoms with van der Waals surface area (Å²) in [6.07, 6.45) is 9.78. The zero-order valence-corrected chi connectivity index (χ0v) is 11.2. The molecule has 1 aliphatic rings. The minimum absolute atomic E-state index is 0.174. The van der Waals surface area contributed by atoms with E-state index in [0.29, 0.717) is 12.6 Å². The fraction of sp³-hybridized carbons (Fsp3) is 0.714. The number of amides is 1. The van der Waals surface area contributed by atoms with Crippen LogP contribution < -0.4 is 10.6 Å². The molecule has 0 bridgehead atoms. The number of nitrogens with one attached hydrogen (secondary N) is 2. The molecule has 0 spiro atoms. The van der Waals surface area contributed by atoms with E-state index in [1.807, 2.05) is 13.0 Å². The predicted molar refractivity (Wildman–Crippen MR) is 71.6 cm³/mol. The molecular weight excluding hydrogens is 226 g/mol. The van der Waals surface area contributed by atoms with Crippen molar-refractivity contribution >= 4 is 5.91 Å². The highest BCUT2D eigenvalue weighted by atomic mass is 16.1. The maximum Gasteiger partial charge on any atom is 0.263 e. The van der Waals surface area contributed by atoms with E-state index >= 15 is 0 Å². The van der Waals surface area contributed by atoms with E-state index in [2.05, 4.69) is 10.6 Å². The van der Waals surface area contributed by atoms with Crippen LogP contribution in [0.25, 0.3) is 0 Å². The Morgan fingerprint density at radius 1 is 1.33 bits per heavy atom. The zero-order valence-electron chi connectivity index (χ0n) is 11.2. The van der Waals surface area contributed by atoms with Gasteiger partial charge in [-0.25, -0.2) is 0 Å². The lowest BCUT2D eigenvalue weighted by atomic mass is 10.1. The molecule has 0 heterocycles. The molecule has 0 aromatic heterocycles. The van der Waals surface area contributed by atoms with Gasteiger partial charge in [0.15, 0.2) is 0 Å². The van der Waals surface area contributed by atoms with Crippen LogP contribution in [0, 0.1) is 11.3 Å². The van der Waals surface area contributed by atoms with Crippen molar-refractivity contribution in [2.24, 2.45) is 0 Å². The number of nitriles is 1. The second-order valence-electron chi connectivity index (χ2n) is 4.78. The van der Waals surface area contributed by atoms with Crippen molar-refractivity contribution in [2.75, 3.05) is 6.54 Å². The lowest BCUT2D eigenvalue weighted by Crippen LogP contribution is -2.28. The van der Waals surface area contributed by atoms with E-state index in [9.17, 15) is 4.79 Å². The summed E-state index contributed by atoms with van der Waals surface area (Å²) in [5, 5.41) is 14.9. The summed E-state index contributed by atoms with van der Waals surface area (Å²) in [7, 11) is 0. The average Bonchev–Trinajstić information content (AvgIpc) is 2.65. The maximum atomic E-state index is 11.6. The highest BCUT2D eigenvalue weighted by molar-refractivity contribution is 5.97. The Morgan fingerprint density at radius 2 is 2.00 bits per heavy atom. The lowest BCUT2D eigenvalue weighted by Gasteiger charge is -2.14. The summed E-state index contributed by atoms with van der Waals surface area (Å²) < 4.78 is 0. The molecule has 4 heteroatoms. The van der Waals surface area contributed by atoms with Crippen molar-refractivity contribution in [3.8, 4) is 6.07 Å². The van der Waals surface area contributed by atoms with Crippen LogP contribution in [0.15, 0.2) is 11.8 Å². The van der Waals surface area contributed by atoms with Crippen molar-refractivity contribution in [3.05, 3.63) is 11.8 Å². The summed E-state index contributed by atoms with van der Waals surface area (Å²) in [6.45, 7) is 2.60. The Balaban J connectivity index is 2.45. The second-order valence-corrected chi connectivity index (χ2v) is 4.78. The molecule has 1 amide bonds. The Kier molecular flexibility index (Phi) is 6.93. The van der Waals surface area contributed by atoms with Gasteiger partial charge < -0.3 is 10.6 Å².